The average molecular weight is 141 g/mol. The van der Waals surface area contributed by atoms with Gasteiger partial charge in [-0.25, -0.2) is 4.39 Å². The topological polar surface area (TPSA) is 12.0 Å². The van der Waals surface area contributed by atoms with E-state index in [1.54, 1.807) is 0 Å². The number of halogens is 1. The van der Waals surface area contributed by atoms with Crippen molar-refractivity contribution in [2.75, 3.05) is 13.1 Å². The Labute approximate surface area is 61.0 Å². The van der Waals surface area contributed by atoms with Gasteiger partial charge in [0.1, 0.15) is 0 Å². The smallest absolute Gasteiger partial charge is 0.171 e. The highest BCUT2D eigenvalue weighted by Crippen LogP contribution is 2.25. The molecule has 1 nitrogen and oxygen atoms in total. The fourth-order valence-corrected chi connectivity index (χ4v) is 1.24. The molecule has 10 heavy (non-hydrogen) atoms. The molecule has 2 atom stereocenters. The Morgan fingerprint density at radius 1 is 1.80 bits per heavy atom. The van der Waals surface area contributed by atoms with E-state index >= 15 is 0 Å². The lowest BCUT2D eigenvalue weighted by atomic mass is 9.91. The molecule has 1 heterocycles. The molecule has 1 saturated heterocycles. The Morgan fingerprint density at radius 3 is 2.90 bits per heavy atom. The largest absolute Gasteiger partial charge is 0.316 e. The maximum atomic E-state index is 13.2. The van der Waals surface area contributed by atoms with Crippen molar-refractivity contribution >= 4 is 0 Å². The SMILES string of the molecule is C#CC(C)(F)C1CCNC1. The van der Waals surface area contributed by atoms with E-state index in [4.69, 9.17) is 6.42 Å². The summed E-state index contributed by atoms with van der Waals surface area (Å²) < 4.78 is 13.2. The summed E-state index contributed by atoms with van der Waals surface area (Å²) in [7, 11) is 0. The highest BCUT2D eigenvalue weighted by Gasteiger charge is 2.33. The molecule has 0 bridgehead atoms. The van der Waals surface area contributed by atoms with E-state index in [2.05, 4.69) is 11.2 Å². The van der Waals surface area contributed by atoms with Gasteiger partial charge in [-0.05, 0) is 19.9 Å². The zero-order valence-electron chi connectivity index (χ0n) is 6.15. The minimum atomic E-state index is -1.41. The summed E-state index contributed by atoms with van der Waals surface area (Å²) in [6.07, 6.45) is 5.89. The van der Waals surface area contributed by atoms with Crippen molar-refractivity contribution in [2.24, 2.45) is 5.92 Å². The Balaban J connectivity index is 2.56. The van der Waals surface area contributed by atoms with Gasteiger partial charge in [-0.15, -0.1) is 6.42 Å². The van der Waals surface area contributed by atoms with Gasteiger partial charge in [0, 0.05) is 12.5 Å². The van der Waals surface area contributed by atoms with Crippen LogP contribution in [0.4, 0.5) is 4.39 Å². The van der Waals surface area contributed by atoms with Crippen LogP contribution >= 0.6 is 0 Å². The summed E-state index contributed by atoms with van der Waals surface area (Å²) in [5, 5.41) is 3.08. The lowest BCUT2D eigenvalue weighted by molar-refractivity contribution is 0.183. The summed E-state index contributed by atoms with van der Waals surface area (Å²) in [6.45, 7) is 3.09. The lowest BCUT2D eigenvalue weighted by Crippen LogP contribution is -2.29. The molecule has 0 spiro atoms. The summed E-state index contributed by atoms with van der Waals surface area (Å²) in [5.74, 6) is 2.19. The summed E-state index contributed by atoms with van der Waals surface area (Å²) >= 11 is 0. The van der Waals surface area contributed by atoms with Gasteiger partial charge in [0.25, 0.3) is 0 Å². The highest BCUT2D eigenvalue weighted by molar-refractivity contribution is 5.09. The monoisotopic (exact) mass is 141 g/mol. The van der Waals surface area contributed by atoms with Crippen LogP contribution in [-0.4, -0.2) is 18.8 Å². The molecule has 1 aliphatic heterocycles. The Hall–Kier alpha value is -0.550. The molecule has 1 fully saturated rings. The van der Waals surface area contributed by atoms with Crippen LogP contribution in [0.15, 0.2) is 0 Å². The second-order valence-electron chi connectivity index (χ2n) is 2.91. The third kappa shape index (κ3) is 1.30. The Bertz CT molecular complexity index is 151. The second-order valence-corrected chi connectivity index (χ2v) is 2.91. The number of hydrogen-bond acceptors (Lipinski definition) is 1. The van der Waals surface area contributed by atoms with Gasteiger partial charge in [0.2, 0.25) is 0 Å². The van der Waals surface area contributed by atoms with Crippen LogP contribution in [0.25, 0.3) is 0 Å². The molecule has 56 valence electrons. The molecule has 0 radical (unpaired) electrons. The van der Waals surface area contributed by atoms with Crippen LogP contribution in [0.1, 0.15) is 13.3 Å². The Kier molecular flexibility index (Phi) is 1.96. The first-order chi connectivity index (χ1) is 4.67. The van der Waals surface area contributed by atoms with Crippen molar-refractivity contribution in [1.82, 2.24) is 5.32 Å². The average Bonchev–Trinajstić information content (AvgIpc) is 2.38. The maximum absolute atomic E-state index is 13.2. The molecular weight excluding hydrogens is 129 g/mol. The number of terminal acetylenes is 1. The van der Waals surface area contributed by atoms with Gasteiger partial charge in [-0.2, -0.15) is 0 Å². The lowest BCUT2D eigenvalue weighted by Gasteiger charge is -2.19. The number of hydrogen-bond donors (Lipinski definition) is 1. The molecular formula is C8H12FN. The van der Waals surface area contributed by atoms with Crippen molar-refractivity contribution in [2.45, 2.75) is 19.0 Å². The van der Waals surface area contributed by atoms with Crippen LogP contribution in [0.5, 0.6) is 0 Å². The molecule has 0 aliphatic carbocycles. The molecule has 1 rings (SSSR count). The first-order valence-electron chi connectivity index (χ1n) is 3.54. The van der Waals surface area contributed by atoms with E-state index in [-0.39, 0.29) is 5.92 Å². The number of nitrogens with one attached hydrogen (secondary N) is 1. The molecule has 1 aliphatic rings. The molecule has 0 saturated carbocycles. The van der Waals surface area contributed by atoms with E-state index in [1.165, 1.54) is 6.92 Å². The highest BCUT2D eigenvalue weighted by atomic mass is 19.1. The first kappa shape index (κ1) is 7.56. The van der Waals surface area contributed by atoms with Gasteiger partial charge >= 0.3 is 0 Å². The normalized spacial score (nSPS) is 31.1. The van der Waals surface area contributed by atoms with Gasteiger partial charge in [0.15, 0.2) is 5.67 Å². The second kappa shape index (κ2) is 2.59. The minimum absolute atomic E-state index is 0.0116. The van der Waals surface area contributed by atoms with E-state index in [0.717, 1.165) is 19.5 Å². The first-order valence-corrected chi connectivity index (χ1v) is 3.54. The zero-order valence-corrected chi connectivity index (χ0v) is 6.15. The van der Waals surface area contributed by atoms with Crippen LogP contribution in [-0.2, 0) is 0 Å². The van der Waals surface area contributed by atoms with Crippen molar-refractivity contribution in [3.05, 3.63) is 0 Å². The van der Waals surface area contributed by atoms with Crippen molar-refractivity contribution in [3.63, 3.8) is 0 Å². The van der Waals surface area contributed by atoms with Crippen LogP contribution in [0, 0.1) is 18.3 Å². The van der Waals surface area contributed by atoms with E-state index in [9.17, 15) is 4.39 Å². The van der Waals surface area contributed by atoms with Crippen molar-refractivity contribution < 1.29 is 4.39 Å². The summed E-state index contributed by atoms with van der Waals surface area (Å²) in [5.41, 5.74) is -1.41. The summed E-state index contributed by atoms with van der Waals surface area (Å²) in [4.78, 5) is 0. The molecule has 1 N–H and O–H groups in total. The van der Waals surface area contributed by atoms with Crippen molar-refractivity contribution in [3.8, 4) is 12.3 Å². The minimum Gasteiger partial charge on any atom is -0.316 e. The molecule has 0 aromatic carbocycles. The fraction of sp³-hybridized carbons (Fsp3) is 0.750. The third-order valence-corrected chi connectivity index (χ3v) is 2.11. The van der Waals surface area contributed by atoms with E-state index < -0.39 is 5.67 Å². The Morgan fingerprint density at radius 2 is 2.50 bits per heavy atom. The molecule has 0 aromatic rings. The predicted octanol–water partition coefficient (Wildman–Crippen LogP) is 0.957. The number of rotatable bonds is 1. The van der Waals surface area contributed by atoms with Crippen LogP contribution in [0.3, 0.4) is 0 Å². The third-order valence-electron chi connectivity index (χ3n) is 2.11. The molecule has 2 heteroatoms. The maximum Gasteiger partial charge on any atom is 0.171 e. The molecule has 2 unspecified atom stereocenters. The van der Waals surface area contributed by atoms with Crippen molar-refractivity contribution in [1.29, 1.82) is 0 Å². The van der Waals surface area contributed by atoms with Gasteiger partial charge in [0.05, 0.1) is 0 Å². The van der Waals surface area contributed by atoms with Gasteiger partial charge in [-0.3, -0.25) is 0 Å². The van der Waals surface area contributed by atoms with Gasteiger partial charge in [-0.1, -0.05) is 5.92 Å². The standard InChI is InChI=1S/C8H12FN/c1-3-8(2,9)7-4-5-10-6-7/h1,7,10H,4-6H2,2H3. The van der Waals surface area contributed by atoms with Crippen LogP contribution < -0.4 is 5.32 Å². The molecule has 0 aromatic heterocycles. The zero-order chi connectivity index (χ0) is 7.61. The summed E-state index contributed by atoms with van der Waals surface area (Å²) in [6, 6.07) is 0. The fourth-order valence-electron chi connectivity index (χ4n) is 1.24. The quantitative estimate of drug-likeness (QED) is 0.536. The van der Waals surface area contributed by atoms with Crippen LogP contribution in [0.2, 0.25) is 0 Å². The van der Waals surface area contributed by atoms with E-state index in [1.807, 2.05) is 0 Å². The number of alkyl halides is 1. The predicted molar refractivity (Wildman–Crippen MR) is 39.3 cm³/mol. The van der Waals surface area contributed by atoms with Gasteiger partial charge < -0.3 is 5.32 Å². The van der Waals surface area contributed by atoms with E-state index in [0.29, 0.717) is 0 Å². The molecule has 0 amide bonds.